The molecule has 1 aliphatic heterocycles. The van der Waals surface area contributed by atoms with Crippen molar-refractivity contribution in [1.82, 2.24) is 15.6 Å². The molecule has 1 aromatic rings. The van der Waals surface area contributed by atoms with Gasteiger partial charge >= 0.3 is 0 Å². The number of nitrogens with one attached hydrogen (secondary N) is 2. The number of pyridine rings is 1. The molecule has 1 unspecified atom stereocenters. The van der Waals surface area contributed by atoms with Gasteiger partial charge in [-0.15, -0.1) is 24.8 Å². The molecule has 2 N–H and O–H groups in total. The first-order valence-electron chi connectivity index (χ1n) is 6.62. The molecule has 1 amide bonds. The lowest BCUT2D eigenvalue weighted by atomic mass is 9.77. The van der Waals surface area contributed by atoms with E-state index in [2.05, 4.69) is 29.5 Å². The number of carbonyl (C=O) groups excluding carboxylic acids is 1. The summed E-state index contributed by atoms with van der Waals surface area (Å²) in [5.74, 6) is -0.143. The summed E-state index contributed by atoms with van der Waals surface area (Å²) in [4.78, 5) is 15.9. The van der Waals surface area contributed by atoms with E-state index in [1.807, 2.05) is 0 Å². The molecule has 0 radical (unpaired) electrons. The van der Waals surface area contributed by atoms with Gasteiger partial charge in [-0.2, -0.15) is 0 Å². The standard InChI is InChI=1S/C14H20ClN3O.2ClH/c1-14(2)5-3-6-17-12(14)9-18-13(19)10-4-7-16-8-11(10)15;;/h4,7-8,12,17H,3,5-6,9H2,1-2H3,(H,18,19);2*1H. The highest BCUT2D eigenvalue weighted by molar-refractivity contribution is 6.33. The van der Waals surface area contributed by atoms with Gasteiger partial charge in [-0.3, -0.25) is 9.78 Å². The van der Waals surface area contributed by atoms with Crippen molar-refractivity contribution >= 4 is 42.3 Å². The largest absolute Gasteiger partial charge is 0.350 e. The van der Waals surface area contributed by atoms with Gasteiger partial charge in [0.15, 0.2) is 0 Å². The average Bonchev–Trinajstić information content (AvgIpc) is 2.37. The van der Waals surface area contributed by atoms with Crippen molar-refractivity contribution in [2.45, 2.75) is 32.7 Å². The Bertz CT molecular complexity index is 469. The van der Waals surface area contributed by atoms with E-state index in [-0.39, 0.29) is 36.1 Å². The Morgan fingerprint density at radius 1 is 1.52 bits per heavy atom. The van der Waals surface area contributed by atoms with E-state index in [1.165, 1.54) is 19.0 Å². The summed E-state index contributed by atoms with van der Waals surface area (Å²) in [6, 6.07) is 1.93. The Hall–Kier alpha value is -0.550. The number of halogens is 3. The van der Waals surface area contributed by atoms with Crippen LogP contribution in [0.1, 0.15) is 37.0 Å². The highest BCUT2D eigenvalue weighted by atomic mass is 35.5. The average molecular weight is 355 g/mol. The van der Waals surface area contributed by atoms with Gasteiger partial charge in [-0.05, 0) is 30.9 Å². The van der Waals surface area contributed by atoms with E-state index in [4.69, 9.17) is 11.6 Å². The highest BCUT2D eigenvalue weighted by Crippen LogP contribution is 2.29. The Kier molecular flexibility index (Phi) is 8.56. The molecular weight excluding hydrogens is 333 g/mol. The summed E-state index contributed by atoms with van der Waals surface area (Å²) >= 11 is 5.96. The maximum absolute atomic E-state index is 12.1. The second kappa shape index (κ2) is 8.79. The second-order valence-electron chi connectivity index (χ2n) is 5.66. The first-order chi connectivity index (χ1) is 9.00. The summed E-state index contributed by atoms with van der Waals surface area (Å²) < 4.78 is 0. The maximum atomic E-state index is 12.1. The Balaban J connectivity index is 0.00000200. The maximum Gasteiger partial charge on any atom is 0.252 e. The molecule has 1 atom stereocenters. The van der Waals surface area contributed by atoms with E-state index in [9.17, 15) is 4.79 Å². The number of nitrogens with zero attached hydrogens (tertiary/aromatic N) is 1. The van der Waals surface area contributed by atoms with Gasteiger partial charge in [0.05, 0.1) is 10.6 Å². The summed E-state index contributed by atoms with van der Waals surface area (Å²) in [6.45, 7) is 6.09. The van der Waals surface area contributed by atoms with E-state index in [0.29, 0.717) is 23.2 Å². The third kappa shape index (κ3) is 5.29. The molecule has 0 aliphatic carbocycles. The molecule has 0 spiro atoms. The minimum atomic E-state index is -0.143. The van der Waals surface area contributed by atoms with Crippen molar-refractivity contribution in [3.05, 3.63) is 29.0 Å². The lowest BCUT2D eigenvalue weighted by molar-refractivity contribution is 0.0929. The van der Waals surface area contributed by atoms with E-state index in [1.54, 1.807) is 12.3 Å². The molecule has 1 saturated heterocycles. The molecule has 21 heavy (non-hydrogen) atoms. The van der Waals surface area contributed by atoms with E-state index >= 15 is 0 Å². The molecule has 0 aromatic carbocycles. The third-order valence-corrected chi connectivity index (χ3v) is 4.12. The Morgan fingerprint density at radius 3 is 2.86 bits per heavy atom. The second-order valence-corrected chi connectivity index (χ2v) is 6.07. The zero-order chi connectivity index (χ0) is 13.9. The Morgan fingerprint density at radius 2 is 2.24 bits per heavy atom. The zero-order valence-electron chi connectivity index (χ0n) is 12.2. The number of hydrogen-bond donors (Lipinski definition) is 2. The molecule has 2 heterocycles. The topological polar surface area (TPSA) is 54.0 Å². The molecular formula is C14H22Cl3N3O. The van der Waals surface area contributed by atoms with Crippen LogP contribution in [-0.4, -0.2) is 30.0 Å². The van der Waals surface area contributed by atoms with Gasteiger partial charge in [0, 0.05) is 25.0 Å². The van der Waals surface area contributed by atoms with Crippen LogP contribution < -0.4 is 10.6 Å². The van der Waals surface area contributed by atoms with Gasteiger partial charge in [0.2, 0.25) is 0 Å². The minimum absolute atomic E-state index is 0. The van der Waals surface area contributed by atoms with Gasteiger partial charge in [-0.25, -0.2) is 0 Å². The molecule has 1 aliphatic rings. The first kappa shape index (κ1) is 20.5. The monoisotopic (exact) mass is 353 g/mol. The third-order valence-electron chi connectivity index (χ3n) is 3.82. The minimum Gasteiger partial charge on any atom is -0.350 e. The quantitative estimate of drug-likeness (QED) is 0.877. The smallest absolute Gasteiger partial charge is 0.252 e. The molecule has 7 heteroatoms. The molecule has 1 aromatic heterocycles. The highest BCUT2D eigenvalue weighted by Gasteiger charge is 2.32. The van der Waals surface area contributed by atoms with Crippen LogP contribution in [0.15, 0.2) is 18.5 Å². The fourth-order valence-electron chi connectivity index (χ4n) is 2.47. The summed E-state index contributed by atoms with van der Waals surface area (Å²) in [6.07, 6.45) is 5.42. The first-order valence-corrected chi connectivity index (χ1v) is 6.99. The van der Waals surface area contributed by atoms with Crippen molar-refractivity contribution in [3.63, 3.8) is 0 Å². The number of aromatic nitrogens is 1. The van der Waals surface area contributed by atoms with Crippen molar-refractivity contribution in [2.75, 3.05) is 13.1 Å². The summed E-state index contributed by atoms with van der Waals surface area (Å²) in [7, 11) is 0. The van der Waals surface area contributed by atoms with Crippen molar-refractivity contribution in [1.29, 1.82) is 0 Å². The van der Waals surface area contributed by atoms with Crippen molar-refractivity contribution in [2.24, 2.45) is 5.41 Å². The van der Waals surface area contributed by atoms with Crippen LogP contribution in [0.25, 0.3) is 0 Å². The number of hydrogen-bond acceptors (Lipinski definition) is 3. The lowest BCUT2D eigenvalue weighted by Gasteiger charge is -2.39. The number of piperidine rings is 1. The molecule has 0 bridgehead atoms. The van der Waals surface area contributed by atoms with Gasteiger partial charge in [0.25, 0.3) is 5.91 Å². The predicted molar refractivity (Wildman–Crippen MR) is 90.9 cm³/mol. The molecule has 4 nitrogen and oxygen atoms in total. The van der Waals surface area contributed by atoms with Crippen molar-refractivity contribution < 1.29 is 4.79 Å². The van der Waals surface area contributed by atoms with Crippen LogP contribution in [0.2, 0.25) is 5.02 Å². The predicted octanol–water partition coefficient (Wildman–Crippen LogP) is 3.09. The Labute approximate surface area is 143 Å². The van der Waals surface area contributed by atoms with E-state index < -0.39 is 0 Å². The lowest BCUT2D eigenvalue weighted by Crippen LogP contribution is -2.52. The van der Waals surface area contributed by atoms with Crippen LogP contribution in [0.4, 0.5) is 0 Å². The number of rotatable bonds is 3. The molecule has 0 saturated carbocycles. The SMILES string of the molecule is CC1(C)CCCNC1CNC(=O)c1ccncc1Cl.Cl.Cl. The normalized spacial score (nSPS) is 19.9. The summed E-state index contributed by atoms with van der Waals surface area (Å²) in [5, 5.41) is 6.81. The van der Waals surface area contributed by atoms with Crippen LogP contribution in [0.5, 0.6) is 0 Å². The number of carbonyl (C=O) groups is 1. The van der Waals surface area contributed by atoms with Crippen LogP contribution in [0.3, 0.4) is 0 Å². The zero-order valence-corrected chi connectivity index (χ0v) is 14.6. The number of amides is 1. The van der Waals surface area contributed by atoms with Crippen LogP contribution in [-0.2, 0) is 0 Å². The molecule has 1 fully saturated rings. The summed E-state index contributed by atoms with van der Waals surface area (Å²) in [5.41, 5.74) is 0.679. The van der Waals surface area contributed by atoms with Crippen LogP contribution in [0, 0.1) is 5.41 Å². The molecule has 2 rings (SSSR count). The molecule has 120 valence electrons. The van der Waals surface area contributed by atoms with E-state index in [0.717, 1.165) is 6.54 Å². The fraction of sp³-hybridized carbons (Fsp3) is 0.571. The van der Waals surface area contributed by atoms with Crippen LogP contribution >= 0.6 is 36.4 Å². The van der Waals surface area contributed by atoms with Gasteiger partial charge in [-0.1, -0.05) is 25.4 Å². The van der Waals surface area contributed by atoms with Gasteiger partial charge < -0.3 is 10.6 Å². The van der Waals surface area contributed by atoms with Gasteiger partial charge in [0.1, 0.15) is 0 Å². The fourth-order valence-corrected chi connectivity index (χ4v) is 2.67. The van der Waals surface area contributed by atoms with Crippen molar-refractivity contribution in [3.8, 4) is 0 Å².